The van der Waals surface area contributed by atoms with Gasteiger partial charge in [-0.15, -0.1) is 0 Å². The summed E-state index contributed by atoms with van der Waals surface area (Å²) >= 11 is 6.75. The molecule has 0 radical (unpaired) electrons. The molecule has 148 valence electrons. The second kappa shape index (κ2) is 8.19. The predicted molar refractivity (Wildman–Crippen MR) is 112 cm³/mol. The van der Waals surface area contributed by atoms with E-state index in [1.165, 1.54) is 24.3 Å². The first-order valence-corrected chi connectivity index (χ1v) is 9.95. The van der Waals surface area contributed by atoms with Gasteiger partial charge < -0.3 is 4.42 Å². The lowest BCUT2D eigenvalue weighted by Gasteiger charge is -2.14. The third-order valence-electron chi connectivity index (χ3n) is 4.46. The van der Waals surface area contributed by atoms with E-state index in [1.807, 2.05) is 0 Å². The van der Waals surface area contributed by atoms with E-state index in [4.69, 9.17) is 16.0 Å². The van der Waals surface area contributed by atoms with E-state index in [-0.39, 0.29) is 22.0 Å². The standard InChI is InChI=1S/C22H12ClFN2O3S/c23-17-6-3-7-18(24)16(17)12-26-21(27)20(30-22(26)28)10-14-8-9-19(29-14)15-5-2-1-4-13(15)11-25/h1-10H,12H2/b20-10-. The maximum Gasteiger partial charge on any atom is 0.293 e. The highest BCUT2D eigenvalue weighted by atomic mass is 35.5. The van der Waals surface area contributed by atoms with Crippen molar-refractivity contribution in [3.8, 4) is 17.4 Å². The van der Waals surface area contributed by atoms with E-state index in [2.05, 4.69) is 6.07 Å². The SMILES string of the molecule is N#Cc1ccccc1-c1ccc(/C=C2\SC(=O)N(Cc3c(F)cccc3Cl)C2=O)o1. The number of hydrogen-bond donors (Lipinski definition) is 0. The Kier molecular flexibility index (Phi) is 5.44. The molecule has 0 N–H and O–H groups in total. The number of carbonyl (C=O) groups excluding carboxylic acids is 2. The van der Waals surface area contributed by atoms with Crippen LogP contribution in [0.4, 0.5) is 9.18 Å². The van der Waals surface area contributed by atoms with Crippen molar-refractivity contribution >= 4 is 40.6 Å². The maximum atomic E-state index is 14.0. The van der Waals surface area contributed by atoms with Crippen LogP contribution in [0.1, 0.15) is 16.9 Å². The highest BCUT2D eigenvalue weighted by Gasteiger charge is 2.36. The van der Waals surface area contributed by atoms with Gasteiger partial charge in [-0.05, 0) is 48.2 Å². The van der Waals surface area contributed by atoms with Crippen molar-refractivity contribution in [3.63, 3.8) is 0 Å². The van der Waals surface area contributed by atoms with E-state index >= 15 is 0 Å². The van der Waals surface area contributed by atoms with Crippen LogP contribution < -0.4 is 0 Å². The zero-order chi connectivity index (χ0) is 21.3. The number of nitrogens with zero attached hydrogens (tertiary/aromatic N) is 2. The van der Waals surface area contributed by atoms with Gasteiger partial charge in [0.25, 0.3) is 11.1 Å². The Bertz CT molecular complexity index is 1220. The molecule has 0 saturated carbocycles. The molecule has 5 nitrogen and oxygen atoms in total. The topological polar surface area (TPSA) is 74.3 Å². The monoisotopic (exact) mass is 438 g/mol. The van der Waals surface area contributed by atoms with Crippen LogP contribution in [0.5, 0.6) is 0 Å². The first-order valence-electron chi connectivity index (χ1n) is 8.75. The largest absolute Gasteiger partial charge is 0.457 e. The van der Waals surface area contributed by atoms with Crippen LogP contribution in [0.15, 0.2) is 63.9 Å². The Morgan fingerprint density at radius 3 is 2.70 bits per heavy atom. The number of halogens is 2. The van der Waals surface area contributed by atoms with Crippen molar-refractivity contribution in [2.45, 2.75) is 6.54 Å². The highest BCUT2D eigenvalue weighted by Crippen LogP contribution is 2.35. The van der Waals surface area contributed by atoms with Crippen LogP contribution in [0.25, 0.3) is 17.4 Å². The van der Waals surface area contributed by atoms with Crippen molar-refractivity contribution < 1.29 is 18.4 Å². The van der Waals surface area contributed by atoms with Gasteiger partial charge >= 0.3 is 0 Å². The number of imide groups is 1. The van der Waals surface area contributed by atoms with E-state index in [0.29, 0.717) is 22.6 Å². The van der Waals surface area contributed by atoms with Gasteiger partial charge in [-0.2, -0.15) is 5.26 Å². The van der Waals surface area contributed by atoms with Crippen molar-refractivity contribution in [1.29, 1.82) is 5.26 Å². The zero-order valence-corrected chi connectivity index (χ0v) is 16.8. The zero-order valence-electron chi connectivity index (χ0n) is 15.3. The molecular formula is C22H12ClFN2O3S. The van der Waals surface area contributed by atoms with Gasteiger partial charge in [0.05, 0.1) is 23.1 Å². The summed E-state index contributed by atoms with van der Waals surface area (Å²) in [6.07, 6.45) is 1.45. The molecule has 0 unspecified atom stereocenters. The minimum Gasteiger partial charge on any atom is -0.457 e. The van der Waals surface area contributed by atoms with E-state index in [9.17, 15) is 19.2 Å². The molecule has 1 saturated heterocycles. The summed E-state index contributed by atoms with van der Waals surface area (Å²) in [5.74, 6) is -0.319. The third-order valence-corrected chi connectivity index (χ3v) is 5.73. The van der Waals surface area contributed by atoms with Crippen LogP contribution in [-0.4, -0.2) is 16.0 Å². The number of rotatable bonds is 4. The Hall–Kier alpha value is -3.34. The predicted octanol–water partition coefficient (Wildman–Crippen LogP) is 5.85. The molecule has 2 aromatic carbocycles. The lowest BCUT2D eigenvalue weighted by molar-refractivity contribution is -0.123. The summed E-state index contributed by atoms with van der Waals surface area (Å²) in [5.41, 5.74) is 1.17. The summed E-state index contributed by atoms with van der Waals surface area (Å²) < 4.78 is 19.8. The van der Waals surface area contributed by atoms with Crippen LogP contribution >= 0.6 is 23.4 Å². The average Bonchev–Trinajstić information content (AvgIpc) is 3.30. The maximum absolute atomic E-state index is 14.0. The number of hydrogen-bond acceptors (Lipinski definition) is 5. The molecule has 4 rings (SSSR count). The summed E-state index contributed by atoms with van der Waals surface area (Å²) in [4.78, 5) is 26.1. The third kappa shape index (κ3) is 3.75. The lowest BCUT2D eigenvalue weighted by Crippen LogP contribution is -2.28. The van der Waals surface area contributed by atoms with Crippen LogP contribution in [0.3, 0.4) is 0 Å². The van der Waals surface area contributed by atoms with E-state index < -0.39 is 17.0 Å². The number of thioether (sulfide) groups is 1. The second-order valence-corrected chi connectivity index (χ2v) is 7.73. The molecule has 30 heavy (non-hydrogen) atoms. The summed E-state index contributed by atoms with van der Waals surface area (Å²) in [7, 11) is 0. The number of amides is 2. The minimum atomic E-state index is -0.586. The first-order chi connectivity index (χ1) is 14.5. The number of benzene rings is 2. The fourth-order valence-electron chi connectivity index (χ4n) is 2.98. The van der Waals surface area contributed by atoms with Crippen LogP contribution in [-0.2, 0) is 11.3 Å². The summed E-state index contributed by atoms with van der Waals surface area (Å²) in [5, 5.41) is 8.86. The molecule has 1 aromatic heterocycles. The summed E-state index contributed by atoms with van der Waals surface area (Å²) in [6.45, 7) is -0.257. The van der Waals surface area contributed by atoms with Gasteiger partial charge in [0.15, 0.2) is 0 Å². The second-order valence-electron chi connectivity index (χ2n) is 6.33. The normalized spacial score (nSPS) is 15.1. The number of nitriles is 1. The summed E-state index contributed by atoms with van der Waals surface area (Å²) in [6, 6.07) is 16.6. The molecule has 0 atom stereocenters. The van der Waals surface area contributed by atoms with E-state index in [0.717, 1.165) is 16.7 Å². The fourth-order valence-corrected chi connectivity index (χ4v) is 4.02. The number of carbonyl (C=O) groups is 2. The van der Waals surface area contributed by atoms with Crippen molar-refractivity contribution in [2.75, 3.05) is 0 Å². The molecule has 1 aliphatic heterocycles. The van der Waals surface area contributed by atoms with Crippen molar-refractivity contribution in [1.82, 2.24) is 4.90 Å². The van der Waals surface area contributed by atoms with Gasteiger partial charge in [-0.1, -0.05) is 29.8 Å². The van der Waals surface area contributed by atoms with E-state index in [1.54, 1.807) is 36.4 Å². The van der Waals surface area contributed by atoms with Gasteiger partial charge in [0.2, 0.25) is 0 Å². The molecule has 1 fully saturated rings. The first kappa shape index (κ1) is 20.0. The molecule has 2 heterocycles. The van der Waals surface area contributed by atoms with Gasteiger partial charge in [0, 0.05) is 22.2 Å². The lowest BCUT2D eigenvalue weighted by atomic mass is 10.1. The molecule has 1 aliphatic rings. The van der Waals surface area contributed by atoms with Gasteiger partial charge in [-0.3, -0.25) is 14.5 Å². The van der Waals surface area contributed by atoms with Crippen molar-refractivity contribution in [2.24, 2.45) is 0 Å². The Labute approximate surface area is 180 Å². The smallest absolute Gasteiger partial charge is 0.293 e. The molecular weight excluding hydrogens is 427 g/mol. The highest BCUT2D eigenvalue weighted by molar-refractivity contribution is 8.18. The molecule has 0 spiro atoms. The molecule has 0 aliphatic carbocycles. The molecule has 3 aromatic rings. The average molecular weight is 439 g/mol. The quantitative estimate of drug-likeness (QED) is 0.478. The Morgan fingerprint density at radius 1 is 1.13 bits per heavy atom. The van der Waals surface area contributed by atoms with Gasteiger partial charge in [0.1, 0.15) is 17.3 Å². The van der Waals surface area contributed by atoms with Gasteiger partial charge in [-0.25, -0.2) is 4.39 Å². The molecule has 8 heteroatoms. The Balaban J connectivity index is 1.59. The van der Waals surface area contributed by atoms with Crippen LogP contribution in [0, 0.1) is 17.1 Å². The molecule has 2 amide bonds. The minimum absolute atomic E-state index is 0.0797. The van der Waals surface area contributed by atoms with Crippen molar-refractivity contribution in [3.05, 3.63) is 87.2 Å². The Morgan fingerprint density at radius 2 is 1.93 bits per heavy atom. The fraction of sp³-hybridized carbons (Fsp3) is 0.0455. The van der Waals surface area contributed by atoms with Crippen LogP contribution in [0.2, 0.25) is 5.02 Å². The molecule has 0 bridgehead atoms. The number of furan rings is 1.